The Kier molecular flexibility index (Phi) is 1.32. The molecule has 1 saturated carbocycles. The first-order valence-corrected chi connectivity index (χ1v) is 2.85. The second-order valence-electron chi connectivity index (χ2n) is 2.27. The van der Waals surface area contributed by atoms with Crippen molar-refractivity contribution in [3.63, 3.8) is 0 Å². The molecule has 1 aliphatic rings. The lowest BCUT2D eigenvalue weighted by atomic mass is 10.1. The van der Waals surface area contributed by atoms with E-state index in [0.717, 1.165) is 12.8 Å². The van der Waals surface area contributed by atoms with Crippen molar-refractivity contribution in [2.75, 3.05) is 0 Å². The van der Waals surface area contributed by atoms with Gasteiger partial charge in [0.15, 0.2) is 5.67 Å². The van der Waals surface area contributed by atoms with Crippen LogP contribution in [0.1, 0.15) is 25.7 Å². The Labute approximate surface area is 47.9 Å². The van der Waals surface area contributed by atoms with Gasteiger partial charge in [0.1, 0.15) is 0 Å². The smallest absolute Gasteiger partial charge is 0.238 e. The fraction of sp³-hybridized carbons (Fsp3) is 0.833. The summed E-state index contributed by atoms with van der Waals surface area (Å²) >= 11 is 0. The van der Waals surface area contributed by atoms with Crippen LogP contribution in [0.2, 0.25) is 0 Å². The average molecular weight is 115 g/mol. The third-order valence-corrected chi connectivity index (χ3v) is 1.58. The van der Waals surface area contributed by atoms with Gasteiger partial charge in [0.25, 0.3) is 0 Å². The van der Waals surface area contributed by atoms with Gasteiger partial charge in [-0.25, -0.2) is 4.39 Å². The Morgan fingerprint density at radius 3 is 2.12 bits per heavy atom. The second-order valence-corrected chi connectivity index (χ2v) is 2.27. The van der Waals surface area contributed by atoms with E-state index in [9.17, 15) is 9.18 Å². The number of hydrogen-bond donors (Lipinski definition) is 0. The highest BCUT2D eigenvalue weighted by molar-refractivity contribution is 5.63. The molecule has 1 radical (unpaired) electrons. The summed E-state index contributed by atoms with van der Waals surface area (Å²) in [6.07, 6.45) is 3.87. The molecule has 1 nitrogen and oxygen atoms in total. The summed E-state index contributed by atoms with van der Waals surface area (Å²) in [6, 6.07) is 0. The molecular weight excluding hydrogens is 107 g/mol. The van der Waals surface area contributed by atoms with Crippen molar-refractivity contribution in [3.8, 4) is 0 Å². The minimum atomic E-state index is -1.57. The van der Waals surface area contributed by atoms with E-state index in [-0.39, 0.29) is 0 Å². The molecule has 0 saturated heterocycles. The number of carbonyl (C=O) groups excluding carboxylic acids is 1. The summed E-state index contributed by atoms with van der Waals surface area (Å²) in [5.41, 5.74) is -1.57. The SMILES string of the molecule is O=[C]C1(F)CCCC1. The van der Waals surface area contributed by atoms with E-state index in [0.29, 0.717) is 12.8 Å². The van der Waals surface area contributed by atoms with Gasteiger partial charge < -0.3 is 0 Å². The molecular formula is C6H8FO. The molecule has 1 rings (SSSR count). The van der Waals surface area contributed by atoms with Crippen LogP contribution in [0.25, 0.3) is 0 Å². The van der Waals surface area contributed by atoms with Crippen molar-refractivity contribution in [2.24, 2.45) is 0 Å². The topological polar surface area (TPSA) is 17.1 Å². The van der Waals surface area contributed by atoms with Crippen molar-refractivity contribution in [2.45, 2.75) is 31.4 Å². The number of halogens is 1. The maximum atomic E-state index is 12.6. The van der Waals surface area contributed by atoms with Crippen LogP contribution in [-0.4, -0.2) is 12.0 Å². The molecule has 1 aliphatic carbocycles. The zero-order valence-corrected chi connectivity index (χ0v) is 4.61. The van der Waals surface area contributed by atoms with E-state index < -0.39 is 5.67 Å². The van der Waals surface area contributed by atoms with Gasteiger partial charge in [-0.05, 0) is 25.7 Å². The summed E-state index contributed by atoms with van der Waals surface area (Å²) in [5.74, 6) is 0. The largest absolute Gasteiger partial charge is 0.287 e. The van der Waals surface area contributed by atoms with Gasteiger partial charge in [-0.15, -0.1) is 0 Å². The van der Waals surface area contributed by atoms with Gasteiger partial charge in [0, 0.05) is 0 Å². The molecule has 0 N–H and O–H groups in total. The lowest BCUT2D eigenvalue weighted by molar-refractivity contribution is 0.254. The first kappa shape index (κ1) is 5.73. The minimum absolute atomic E-state index is 0.385. The first-order valence-electron chi connectivity index (χ1n) is 2.85. The highest BCUT2D eigenvalue weighted by Gasteiger charge is 2.33. The zero-order valence-electron chi connectivity index (χ0n) is 4.61. The van der Waals surface area contributed by atoms with Crippen LogP contribution in [0.15, 0.2) is 0 Å². The zero-order chi connectivity index (χ0) is 6.04. The standard InChI is InChI=1S/C6H8FO/c7-6(5-8)3-1-2-4-6/h1-4H2. The summed E-state index contributed by atoms with van der Waals surface area (Å²) in [4.78, 5) is 9.83. The Hall–Kier alpha value is -0.400. The molecule has 0 spiro atoms. The molecule has 0 aromatic rings. The number of rotatable bonds is 1. The van der Waals surface area contributed by atoms with Crippen LogP contribution in [0.5, 0.6) is 0 Å². The Bertz CT molecular complexity index is 94.7. The number of hydrogen-bond acceptors (Lipinski definition) is 1. The van der Waals surface area contributed by atoms with Gasteiger partial charge in [-0.1, -0.05) is 0 Å². The third-order valence-electron chi connectivity index (χ3n) is 1.58. The van der Waals surface area contributed by atoms with Crippen molar-refractivity contribution >= 4 is 6.29 Å². The highest BCUT2D eigenvalue weighted by atomic mass is 19.1. The van der Waals surface area contributed by atoms with Gasteiger partial charge in [-0.3, -0.25) is 4.79 Å². The molecule has 1 fully saturated rings. The molecule has 0 heterocycles. The maximum Gasteiger partial charge on any atom is 0.238 e. The highest BCUT2D eigenvalue weighted by Crippen LogP contribution is 2.30. The average Bonchev–Trinajstić information content (AvgIpc) is 2.17. The second kappa shape index (κ2) is 1.84. The minimum Gasteiger partial charge on any atom is -0.287 e. The summed E-state index contributed by atoms with van der Waals surface area (Å²) in [6.45, 7) is 0. The van der Waals surface area contributed by atoms with E-state index in [1.807, 2.05) is 0 Å². The molecule has 0 unspecified atom stereocenters. The van der Waals surface area contributed by atoms with E-state index in [1.54, 1.807) is 0 Å². The van der Waals surface area contributed by atoms with E-state index in [4.69, 9.17) is 0 Å². The van der Waals surface area contributed by atoms with Crippen molar-refractivity contribution in [3.05, 3.63) is 0 Å². The van der Waals surface area contributed by atoms with Crippen LogP contribution >= 0.6 is 0 Å². The Morgan fingerprint density at radius 2 is 1.88 bits per heavy atom. The maximum absolute atomic E-state index is 12.6. The number of alkyl halides is 1. The monoisotopic (exact) mass is 115 g/mol. The van der Waals surface area contributed by atoms with Crippen LogP contribution in [0, 0.1) is 0 Å². The molecule has 0 amide bonds. The van der Waals surface area contributed by atoms with Crippen LogP contribution in [-0.2, 0) is 4.79 Å². The lowest BCUT2D eigenvalue weighted by Gasteiger charge is -2.05. The Balaban J connectivity index is 2.52. The van der Waals surface area contributed by atoms with Gasteiger partial charge in [0.05, 0.1) is 0 Å². The van der Waals surface area contributed by atoms with Crippen molar-refractivity contribution in [1.82, 2.24) is 0 Å². The van der Waals surface area contributed by atoms with Gasteiger partial charge in [-0.2, -0.15) is 0 Å². The molecule has 0 aromatic carbocycles. The fourth-order valence-corrected chi connectivity index (χ4v) is 1.04. The molecule has 8 heavy (non-hydrogen) atoms. The molecule has 45 valence electrons. The first-order chi connectivity index (χ1) is 3.77. The van der Waals surface area contributed by atoms with Gasteiger partial charge >= 0.3 is 0 Å². The summed E-state index contributed by atoms with van der Waals surface area (Å²) in [5, 5.41) is 0. The normalized spacial score (nSPS) is 25.6. The molecule has 0 aromatic heterocycles. The lowest BCUT2D eigenvalue weighted by Crippen LogP contribution is -2.18. The van der Waals surface area contributed by atoms with E-state index in [2.05, 4.69) is 0 Å². The van der Waals surface area contributed by atoms with E-state index >= 15 is 0 Å². The summed E-state index contributed by atoms with van der Waals surface area (Å²) < 4.78 is 12.6. The Morgan fingerprint density at radius 1 is 1.38 bits per heavy atom. The van der Waals surface area contributed by atoms with Crippen LogP contribution in [0.3, 0.4) is 0 Å². The van der Waals surface area contributed by atoms with Crippen molar-refractivity contribution in [1.29, 1.82) is 0 Å². The predicted octanol–water partition coefficient (Wildman–Crippen LogP) is 1.38. The molecule has 0 bridgehead atoms. The molecule has 2 heteroatoms. The fourth-order valence-electron chi connectivity index (χ4n) is 1.04. The van der Waals surface area contributed by atoms with Crippen LogP contribution in [0.4, 0.5) is 4.39 Å². The third kappa shape index (κ3) is 0.881. The predicted molar refractivity (Wildman–Crippen MR) is 28.0 cm³/mol. The van der Waals surface area contributed by atoms with Gasteiger partial charge in [0.2, 0.25) is 6.29 Å². The molecule has 0 atom stereocenters. The quantitative estimate of drug-likeness (QED) is 0.504. The summed E-state index contributed by atoms with van der Waals surface area (Å²) in [7, 11) is 0. The van der Waals surface area contributed by atoms with E-state index in [1.165, 1.54) is 6.29 Å². The van der Waals surface area contributed by atoms with Crippen LogP contribution < -0.4 is 0 Å². The molecule has 0 aliphatic heterocycles. The van der Waals surface area contributed by atoms with Crippen molar-refractivity contribution < 1.29 is 9.18 Å².